The summed E-state index contributed by atoms with van der Waals surface area (Å²) in [6.45, 7) is -0.494. The van der Waals surface area contributed by atoms with Gasteiger partial charge in [0.25, 0.3) is 0 Å². The Labute approximate surface area is 220 Å². The van der Waals surface area contributed by atoms with Gasteiger partial charge in [-0.1, -0.05) is 24.3 Å². The molecule has 0 spiro atoms. The number of hydrogen-bond acceptors (Lipinski definition) is 3. The third kappa shape index (κ3) is 8.21. The number of hydrogen-bond donors (Lipinski definition) is 0. The van der Waals surface area contributed by atoms with E-state index < -0.39 is 36.2 Å². The topological polar surface area (TPSA) is 27.7 Å². The summed E-state index contributed by atoms with van der Waals surface area (Å²) in [7, 11) is 0. The highest BCUT2D eigenvalue weighted by atomic mass is 19.4. The summed E-state index contributed by atoms with van der Waals surface area (Å²) in [6, 6.07) is 4.39. The molecular formula is C29H38F6O3. The first kappa shape index (κ1) is 29.4. The quantitative estimate of drug-likeness (QED) is 0.228. The van der Waals surface area contributed by atoms with Gasteiger partial charge >= 0.3 is 12.3 Å². The van der Waals surface area contributed by atoms with E-state index in [9.17, 15) is 26.3 Å². The van der Waals surface area contributed by atoms with E-state index in [2.05, 4.69) is 12.2 Å². The van der Waals surface area contributed by atoms with Crippen molar-refractivity contribution in [2.24, 2.45) is 23.7 Å². The van der Waals surface area contributed by atoms with E-state index in [1.54, 1.807) is 0 Å². The third-order valence-corrected chi connectivity index (χ3v) is 8.24. The molecule has 0 atom stereocenters. The smallest absolute Gasteiger partial charge is 0.346 e. The zero-order valence-electron chi connectivity index (χ0n) is 21.6. The maximum Gasteiger partial charge on any atom is 0.416 e. The minimum Gasteiger partial charge on any atom is -0.346 e. The molecule has 38 heavy (non-hydrogen) atoms. The average molecular weight is 549 g/mol. The van der Waals surface area contributed by atoms with Crippen LogP contribution in [0.15, 0.2) is 36.4 Å². The molecule has 3 fully saturated rings. The van der Waals surface area contributed by atoms with Gasteiger partial charge in [-0.15, -0.1) is 0 Å². The fourth-order valence-electron chi connectivity index (χ4n) is 5.89. The molecule has 2 saturated carbocycles. The van der Waals surface area contributed by atoms with Crippen LogP contribution in [-0.2, 0) is 20.4 Å². The number of halogens is 6. The number of allylic oxidation sites excluding steroid dienone is 2. The van der Waals surface area contributed by atoms with Gasteiger partial charge in [-0.3, -0.25) is 4.39 Å². The standard InChI is InChI=1S/C29H38F6O3/c30-17-1-2-20-3-5-21(6-4-20)7-8-22-9-13-25(14-10-22)29(34,35)38-26-18-36-27(37-19-26)23-11-15-24(16-12-23)28(31,32)33/h7-8,11-12,15-16,20-22,25-27H,1-6,9-10,13-14,17-19H2/b8-7+. The number of ether oxygens (including phenoxy) is 3. The molecule has 0 aromatic heterocycles. The lowest BCUT2D eigenvalue weighted by atomic mass is 9.78. The summed E-state index contributed by atoms with van der Waals surface area (Å²) in [5, 5.41) is 0. The maximum atomic E-state index is 14.9. The van der Waals surface area contributed by atoms with Crippen molar-refractivity contribution in [1.82, 2.24) is 0 Å². The van der Waals surface area contributed by atoms with Crippen molar-refractivity contribution in [3.8, 4) is 0 Å². The first-order chi connectivity index (χ1) is 18.1. The molecule has 0 amide bonds. The van der Waals surface area contributed by atoms with Crippen LogP contribution in [0, 0.1) is 23.7 Å². The van der Waals surface area contributed by atoms with Crippen molar-refractivity contribution in [2.75, 3.05) is 19.9 Å². The van der Waals surface area contributed by atoms with Gasteiger partial charge in [0.2, 0.25) is 0 Å². The van der Waals surface area contributed by atoms with Crippen LogP contribution in [0.3, 0.4) is 0 Å². The zero-order valence-corrected chi connectivity index (χ0v) is 21.6. The summed E-state index contributed by atoms with van der Waals surface area (Å²) in [6.07, 6.45) is 3.19. The molecule has 1 heterocycles. The van der Waals surface area contributed by atoms with Crippen molar-refractivity contribution >= 4 is 0 Å². The monoisotopic (exact) mass is 548 g/mol. The average Bonchev–Trinajstić information content (AvgIpc) is 2.91. The Morgan fingerprint density at radius 2 is 1.34 bits per heavy atom. The predicted molar refractivity (Wildman–Crippen MR) is 131 cm³/mol. The molecule has 0 radical (unpaired) electrons. The normalized spacial score (nSPS) is 31.5. The fraction of sp³-hybridized carbons (Fsp3) is 0.724. The van der Waals surface area contributed by atoms with Crippen LogP contribution in [-0.4, -0.2) is 32.1 Å². The van der Waals surface area contributed by atoms with Gasteiger partial charge in [0.1, 0.15) is 6.10 Å². The Morgan fingerprint density at radius 3 is 1.87 bits per heavy atom. The molecular weight excluding hydrogens is 510 g/mol. The lowest BCUT2D eigenvalue weighted by Crippen LogP contribution is -2.43. The van der Waals surface area contributed by atoms with Crippen molar-refractivity contribution in [2.45, 2.75) is 88.9 Å². The summed E-state index contributed by atoms with van der Waals surface area (Å²) in [5.41, 5.74) is -0.392. The molecule has 0 bridgehead atoms. The zero-order chi connectivity index (χ0) is 27.2. The highest BCUT2D eigenvalue weighted by Crippen LogP contribution is 2.42. The first-order valence-corrected chi connectivity index (χ1v) is 13.8. The Hall–Kier alpha value is -1.58. The molecule has 1 aromatic rings. The molecule has 1 aliphatic heterocycles. The van der Waals surface area contributed by atoms with E-state index in [0.717, 1.165) is 44.2 Å². The van der Waals surface area contributed by atoms with E-state index in [1.165, 1.54) is 12.1 Å². The van der Waals surface area contributed by atoms with Crippen LogP contribution in [0.2, 0.25) is 0 Å². The lowest BCUT2D eigenvalue weighted by Gasteiger charge is -2.36. The third-order valence-electron chi connectivity index (χ3n) is 8.24. The van der Waals surface area contributed by atoms with Crippen LogP contribution < -0.4 is 0 Å². The molecule has 1 aromatic carbocycles. The Kier molecular flexibility index (Phi) is 10.2. The van der Waals surface area contributed by atoms with Gasteiger partial charge in [-0.25, -0.2) is 0 Å². The summed E-state index contributed by atoms with van der Waals surface area (Å²) in [4.78, 5) is 0. The van der Waals surface area contributed by atoms with Crippen molar-refractivity contribution in [1.29, 1.82) is 0 Å². The van der Waals surface area contributed by atoms with Gasteiger partial charge in [0.15, 0.2) is 6.29 Å². The van der Waals surface area contributed by atoms with Gasteiger partial charge in [0, 0.05) is 5.56 Å². The van der Waals surface area contributed by atoms with Crippen molar-refractivity contribution in [3.63, 3.8) is 0 Å². The van der Waals surface area contributed by atoms with E-state index in [1.807, 2.05) is 0 Å². The van der Waals surface area contributed by atoms with Crippen LogP contribution in [0.4, 0.5) is 26.3 Å². The van der Waals surface area contributed by atoms with Crippen LogP contribution in [0.5, 0.6) is 0 Å². The number of benzene rings is 1. The summed E-state index contributed by atoms with van der Waals surface area (Å²) < 4.78 is 96.5. The molecule has 9 heteroatoms. The second-order valence-corrected chi connectivity index (χ2v) is 11.0. The molecule has 1 saturated heterocycles. The Bertz CT molecular complexity index is 863. The number of alkyl halides is 6. The Balaban J connectivity index is 1.16. The molecule has 4 rings (SSSR count). The molecule has 214 valence electrons. The summed E-state index contributed by atoms with van der Waals surface area (Å²) >= 11 is 0. The largest absolute Gasteiger partial charge is 0.416 e. The Morgan fingerprint density at radius 1 is 0.789 bits per heavy atom. The number of rotatable bonds is 9. The fourth-order valence-corrected chi connectivity index (χ4v) is 5.89. The second kappa shape index (κ2) is 13.2. The van der Waals surface area contributed by atoms with Crippen molar-refractivity contribution in [3.05, 3.63) is 47.5 Å². The van der Waals surface area contributed by atoms with Crippen LogP contribution >= 0.6 is 0 Å². The lowest BCUT2D eigenvalue weighted by molar-refractivity contribution is -0.334. The highest BCUT2D eigenvalue weighted by molar-refractivity contribution is 5.25. The minimum absolute atomic E-state index is 0.130. The van der Waals surface area contributed by atoms with Crippen molar-refractivity contribution < 1.29 is 40.6 Å². The van der Waals surface area contributed by atoms with Crippen LogP contribution in [0.1, 0.15) is 81.6 Å². The minimum atomic E-state index is -4.44. The van der Waals surface area contributed by atoms with E-state index >= 15 is 0 Å². The highest BCUT2D eigenvalue weighted by Gasteiger charge is 2.45. The van der Waals surface area contributed by atoms with E-state index in [-0.39, 0.29) is 19.9 Å². The molecule has 0 unspecified atom stereocenters. The predicted octanol–water partition coefficient (Wildman–Crippen LogP) is 8.65. The first-order valence-electron chi connectivity index (χ1n) is 13.8. The SMILES string of the molecule is FCCCC1CCC(/C=C/C2CCC(C(F)(F)OC3COC(c4ccc(C(F)(F)F)cc4)OC3)CC2)CC1. The molecule has 3 nitrogen and oxygen atoms in total. The van der Waals surface area contributed by atoms with Gasteiger partial charge < -0.3 is 14.2 Å². The van der Waals surface area contributed by atoms with E-state index in [4.69, 9.17) is 14.2 Å². The van der Waals surface area contributed by atoms with Gasteiger partial charge in [-0.05, 0) is 94.1 Å². The van der Waals surface area contributed by atoms with Gasteiger partial charge in [0.05, 0.1) is 31.4 Å². The molecule has 2 aliphatic carbocycles. The van der Waals surface area contributed by atoms with Gasteiger partial charge in [-0.2, -0.15) is 22.0 Å². The van der Waals surface area contributed by atoms with E-state index in [0.29, 0.717) is 55.4 Å². The summed E-state index contributed by atoms with van der Waals surface area (Å²) in [5.74, 6) is 0.614. The van der Waals surface area contributed by atoms with Crippen LogP contribution in [0.25, 0.3) is 0 Å². The second-order valence-electron chi connectivity index (χ2n) is 11.0. The molecule has 3 aliphatic rings. The maximum absolute atomic E-state index is 14.9. The molecule has 0 N–H and O–H groups in total.